The standard InChI is InChI=1S/C13H18BrFN2/c1-17-6-2-3-9(8-16)13(17)11-5-4-10(14)7-12(11)15/h4-5,7,9,13H,2-3,6,8,16H2,1H3. The van der Waals surface area contributed by atoms with Crippen molar-refractivity contribution in [3.8, 4) is 0 Å². The second kappa shape index (κ2) is 5.46. The molecule has 1 aromatic rings. The van der Waals surface area contributed by atoms with Crippen molar-refractivity contribution in [2.24, 2.45) is 11.7 Å². The summed E-state index contributed by atoms with van der Waals surface area (Å²) in [6, 6.07) is 5.41. The summed E-state index contributed by atoms with van der Waals surface area (Å²) in [6.45, 7) is 1.63. The second-order valence-electron chi connectivity index (χ2n) is 4.73. The first-order valence-corrected chi connectivity index (χ1v) is 6.78. The molecule has 1 heterocycles. The van der Waals surface area contributed by atoms with Crippen LogP contribution in [0.1, 0.15) is 24.4 Å². The van der Waals surface area contributed by atoms with Crippen LogP contribution < -0.4 is 5.73 Å². The normalized spacial score (nSPS) is 26.1. The van der Waals surface area contributed by atoms with Gasteiger partial charge in [0.1, 0.15) is 5.82 Å². The highest BCUT2D eigenvalue weighted by Crippen LogP contribution is 2.36. The van der Waals surface area contributed by atoms with Crippen LogP contribution in [0.5, 0.6) is 0 Å². The van der Waals surface area contributed by atoms with E-state index in [2.05, 4.69) is 20.8 Å². The lowest BCUT2D eigenvalue weighted by Gasteiger charge is -2.39. The number of nitrogens with zero attached hydrogens (tertiary/aromatic N) is 1. The Bertz CT molecular complexity index is 397. The predicted octanol–water partition coefficient (Wildman–Crippen LogP) is 2.93. The second-order valence-corrected chi connectivity index (χ2v) is 5.64. The van der Waals surface area contributed by atoms with E-state index >= 15 is 0 Å². The molecule has 0 amide bonds. The number of benzene rings is 1. The molecule has 4 heteroatoms. The van der Waals surface area contributed by atoms with Crippen molar-refractivity contribution in [3.05, 3.63) is 34.1 Å². The summed E-state index contributed by atoms with van der Waals surface area (Å²) in [5, 5.41) is 0. The van der Waals surface area contributed by atoms with Crippen molar-refractivity contribution < 1.29 is 4.39 Å². The number of rotatable bonds is 2. The molecule has 1 aromatic carbocycles. The van der Waals surface area contributed by atoms with Crippen molar-refractivity contribution in [1.82, 2.24) is 4.90 Å². The number of halogens is 2. The largest absolute Gasteiger partial charge is 0.330 e. The van der Waals surface area contributed by atoms with E-state index in [1.165, 1.54) is 6.07 Å². The van der Waals surface area contributed by atoms with Crippen LogP contribution in [-0.2, 0) is 0 Å². The minimum atomic E-state index is -0.142. The van der Waals surface area contributed by atoms with Crippen LogP contribution in [0.25, 0.3) is 0 Å². The summed E-state index contributed by atoms with van der Waals surface area (Å²) in [4.78, 5) is 2.22. The Morgan fingerprint density at radius 3 is 2.94 bits per heavy atom. The summed E-state index contributed by atoms with van der Waals surface area (Å²) in [5.41, 5.74) is 6.58. The zero-order valence-electron chi connectivity index (χ0n) is 10.00. The highest BCUT2D eigenvalue weighted by atomic mass is 79.9. The third-order valence-corrected chi connectivity index (χ3v) is 4.08. The molecule has 1 saturated heterocycles. The molecule has 2 nitrogen and oxygen atoms in total. The molecular weight excluding hydrogens is 283 g/mol. The molecular formula is C13H18BrFN2. The molecule has 0 aromatic heterocycles. The number of hydrogen-bond donors (Lipinski definition) is 1. The van der Waals surface area contributed by atoms with Gasteiger partial charge in [0, 0.05) is 16.1 Å². The van der Waals surface area contributed by atoms with Gasteiger partial charge < -0.3 is 5.73 Å². The molecule has 0 aliphatic carbocycles. The first-order valence-electron chi connectivity index (χ1n) is 5.98. The Morgan fingerprint density at radius 1 is 1.53 bits per heavy atom. The molecule has 17 heavy (non-hydrogen) atoms. The Kier molecular flexibility index (Phi) is 4.17. The molecule has 1 aliphatic rings. The zero-order valence-corrected chi connectivity index (χ0v) is 11.6. The number of piperidine rings is 1. The fourth-order valence-corrected chi connectivity index (χ4v) is 3.07. The Labute approximate surface area is 110 Å². The van der Waals surface area contributed by atoms with E-state index in [-0.39, 0.29) is 11.9 Å². The van der Waals surface area contributed by atoms with Crippen molar-refractivity contribution in [2.75, 3.05) is 20.1 Å². The van der Waals surface area contributed by atoms with Gasteiger partial charge in [-0.3, -0.25) is 4.90 Å². The molecule has 0 spiro atoms. The third-order valence-electron chi connectivity index (χ3n) is 3.59. The molecule has 0 saturated carbocycles. The summed E-state index contributed by atoms with van der Waals surface area (Å²) in [5.74, 6) is 0.209. The van der Waals surface area contributed by atoms with Crippen LogP contribution in [-0.4, -0.2) is 25.0 Å². The molecule has 2 N–H and O–H groups in total. The van der Waals surface area contributed by atoms with Gasteiger partial charge in [0.15, 0.2) is 0 Å². The molecule has 1 fully saturated rings. The van der Waals surface area contributed by atoms with Crippen LogP contribution in [0.4, 0.5) is 4.39 Å². The van der Waals surface area contributed by atoms with Crippen LogP contribution in [0.2, 0.25) is 0 Å². The number of nitrogens with two attached hydrogens (primary N) is 1. The van der Waals surface area contributed by atoms with E-state index in [1.807, 2.05) is 19.2 Å². The third kappa shape index (κ3) is 2.69. The highest BCUT2D eigenvalue weighted by molar-refractivity contribution is 9.10. The van der Waals surface area contributed by atoms with Crippen molar-refractivity contribution >= 4 is 15.9 Å². The maximum Gasteiger partial charge on any atom is 0.129 e. The van der Waals surface area contributed by atoms with Crippen molar-refractivity contribution in [3.63, 3.8) is 0 Å². The fraction of sp³-hybridized carbons (Fsp3) is 0.538. The molecule has 1 aliphatic heterocycles. The lowest BCUT2D eigenvalue weighted by Crippen LogP contribution is -2.39. The summed E-state index contributed by atoms with van der Waals surface area (Å²) in [6.07, 6.45) is 2.23. The average molecular weight is 301 g/mol. The quantitative estimate of drug-likeness (QED) is 0.910. The van der Waals surface area contributed by atoms with Gasteiger partial charge >= 0.3 is 0 Å². The van der Waals surface area contributed by atoms with E-state index in [4.69, 9.17) is 5.73 Å². The molecule has 94 valence electrons. The summed E-state index contributed by atoms with van der Waals surface area (Å²) < 4.78 is 14.8. The minimum Gasteiger partial charge on any atom is -0.330 e. The van der Waals surface area contributed by atoms with E-state index in [1.54, 1.807) is 0 Å². The first-order chi connectivity index (χ1) is 8.13. The van der Waals surface area contributed by atoms with Gasteiger partial charge in [-0.2, -0.15) is 0 Å². The van der Waals surface area contributed by atoms with Crippen molar-refractivity contribution in [1.29, 1.82) is 0 Å². The molecule has 0 radical (unpaired) electrons. The van der Waals surface area contributed by atoms with Gasteiger partial charge in [0.2, 0.25) is 0 Å². The van der Waals surface area contributed by atoms with Crippen LogP contribution in [0.3, 0.4) is 0 Å². The van der Waals surface area contributed by atoms with Gasteiger partial charge in [-0.15, -0.1) is 0 Å². The smallest absolute Gasteiger partial charge is 0.129 e. The zero-order chi connectivity index (χ0) is 12.4. The monoisotopic (exact) mass is 300 g/mol. The van der Waals surface area contributed by atoms with Crippen LogP contribution in [0.15, 0.2) is 22.7 Å². The minimum absolute atomic E-state index is 0.113. The summed E-state index contributed by atoms with van der Waals surface area (Å²) in [7, 11) is 2.05. The average Bonchev–Trinajstić information content (AvgIpc) is 2.30. The van der Waals surface area contributed by atoms with E-state index in [0.717, 1.165) is 29.4 Å². The Morgan fingerprint density at radius 2 is 2.29 bits per heavy atom. The van der Waals surface area contributed by atoms with Gasteiger partial charge in [-0.1, -0.05) is 22.0 Å². The number of likely N-dealkylation sites (tertiary alicyclic amines) is 1. The van der Waals surface area contributed by atoms with Gasteiger partial charge in [0.25, 0.3) is 0 Å². The lowest BCUT2D eigenvalue weighted by molar-refractivity contribution is 0.122. The van der Waals surface area contributed by atoms with Crippen LogP contribution in [0, 0.1) is 11.7 Å². The maximum atomic E-state index is 14.0. The topological polar surface area (TPSA) is 29.3 Å². The van der Waals surface area contributed by atoms with Gasteiger partial charge in [-0.05, 0) is 51.0 Å². The molecule has 0 bridgehead atoms. The summed E-state index contributed by atoms with van der Waals surface area (Å²) >= 11 is 3.29. The van der Waals surface area contributed by atoms with E-state index in [0.29, 0.717) is 12.5 Å². The van der Waals surface area contributed by atoms with Crippen LogP contribution >= 0.6 is 15.9 Å². The van der Waals surface area contributed by atoms with E-state index < -0.39 is 0 Å². The van der Waals surface area contributed by atoms with Gasteiger partial charge in [-0.25, -0.2) is 4.39 Å². The molecule has 2 atom stereocenters. The highest BCUT2D eigenvalue weighted by Gasteiger charge is 2.31. The SMILES string of the molecule is CN1CCCC(CN)C1c1ccc(Br)cc1F. The fourth-order valence-electron chi connectivity index (χ4n) is 2.74. The molecule has 2 rings (SSSR count). The molecule has 2 unspecified atom stereocenters. The number of hydrogen-bond acceptors (Lipinski definition) is 2. The maximum absolute atomic E-state index is 14.0. The lowest BCUT2D eigenvalue weighted by atomic mass is 9.85. The van der Waals surface area contributed by atoms with Crippen molar-refractivity contribution in [2.45, 2.75) is 18.9 Å². The van der Waals surface area contributed by atoms with Gasteiger partial charge in [0.05, 0.1) is 0 Å². The Balaban J connectivity index is 2.34. The first kappa shape index (κ1) is 13.0. The Hall–Kier alpha value is -0.450. The van der Waals surface area contributed by atoms with E-state index in [9.17, 15) is 4.39 Å². The predicted molar refractivity (Wildman–Crippen MR) is 71.2 cm³/mol.